The number of nitrogens with two attached hydrogens (primary N) is 2. The number of anilines is 1. The van der Waals surface area contributed by atoms with Crippen LogP contribution in [-0.4, -0.2) is 116 Å². The van der Waals surface area contributed by atoms with Gasteiger partial charge in [-0.25, -0.2) is 19.9 Å². The quantitative estimate of drug-likeness (QED) is 0.101. The second-order valence-electron chi connectivity index (χ2n) is 9.65. The van der Waals surface area contributed by atoms with Crippen molar-refractivity contribution in [3.8, 4) is 0 Å². The molecular weight excluding hydrogens is 640 g/mol. The van der Waals surface area contributed by atoms with Crippen LogP contribution in [0.5, 0.6) is 0 Å². The molecular formula is C20H27N7O13P2S. The first-order chi connectivity index (χ1) is 20.2. The van der Waals surface area contributed by atoms with Gasteiger partial charge in [0.1, 0.15) is 65.3 Å². The summed E-state index contributed by atoms with van der Waals surface area (Å²) in [6, 6.07) is 0. The Kier molecular flexibility index (Phi) is 9.00. The fraction of sp³-hybridized carbons (Fsp3) is 0.550. The average Bonchev–Trinajstić information content (AvgIpc) is 3.70. The van der Waals surface area contributed by atoms with E-state index in [-0.39, 0.29) is 27.7 Å². The Balaban J connectivity index is 1.15. The van der Waals surface area contributed by atoms with Crippen molar-refractivity contribution < 1.29 is 62.7 Å². The summed E-state index contributed by atoms with van der Waals surface area (Å²) in [6.45, 7) is -1.55. The Morgan fingerprint density at radius 2 is 1.60 bits per heavy atom. The Morgan fingerprint density at radius 1 is 0.977 bits per heavy atom. The second kappa shape index (κ2) is 12.1. The van der Waals surface area contributed by atoms with Gasteiger partial charge in [0.25, 0.3) is 5.91 Å². The predicted octanol–water partition coefficient (Wildman–Crippen LogP) is -2.19. The second-order valence-corrected chi connectivity index (χ2v) is 14.7. The fourth-order valence-corrected chi connectivity index (χ4v) is 8.56. The van der Waals surface area contributed by atoms with Gasteiger partial charge in [-0.1, -0.05) is 0 Å². The normalized spacial score (nSPS) is 32.1. The van der Waals surface area contributed by atoms with Crippen molar-refractivity contribution in [1.82, 2.24) is 24.5 Å². The van der Waals surface area contributed by atoms with Crippen LogP contribution in [0.1, 0.15) is 27.8 Å². The maximum Gasteiger partial charge on any atom is 0.340 e. The van der Waals surface area contributed by atoms with Gasteiger partial charge < -0.3 is 60.2 Å². The molecule has 2 aliphatic rings. The molecule has 3 aromatic rings. The number of nitrogen functional groups attached to an aromatic ring is 1. The maximum absolute atomic E-state index is 12.6. The van der Waals surface area contributed by atoms with Crippen LogP contribution in [0.15, 0.2) is 18.0 Å². The number of primary amides is 1. The van der Waals surface area contributed by atoms with Gasteiger partial charge in [-0.2, -0.15) is 0 Å². The number of hydrogen-bond acceptors (Lipinski definition) is 17. The molecule has 23 heteroatoms. The summed E-state index contributed by atoms with van der Waals surface area (Å²) in [4.78, 5) is 47.5. The number of hydrogen-bond donors (Lipinski definition) is 8. The summed E-state index contributed by atoms with van der Waals surface area (Å²) < 4.78 is 47.4. The van der Waals surface area contributed by atoms with Gasteiger partial charge in [-0.15, -0.1) is 11.3 Å². The van der Waals surface area contributed by atoms with Crippen molar-refractivity contribution in [3.05, 3.63) is 28.7 Å². The zero-order chi connectivity index (χ0) is 31.3. The Bertz CT molecular complexity index is 1590. The van der Waals surface area contributed by atoms with Gasteiger partial charge in [-0.05, 0) is 0 Å². The fourth-order valence-electron chi connectivity index (χ4n) is 4.46. The molecule has 2 aliphatic heterocycles. The van der Waals surface area contributed by atoms with Crippen molar-refractivity contribution >= 4 is 49.4 Å². The summed E-state index contributed by atoms with van der Waals surface area (Å²) in [6.07, 6.45) is -9.01. The summed E-state index contributed by atoms with van der Waals surface area (Å²) in [5.41, 5.74) is 11.2. The van der Waals surface area contributed by atoms with Crippen molar-refractivity contribution in [2.45, 2.75) is 49.0 Å². The number of imidazole rings is 1. The topological polar surface area (TPSA) is 318 Å². The van der Waals surface area contributed by atoms with Crippen LogP contribution in [0, 0.1) is 0 Å². The van der Waals surface area contributed by atoms with Crippen molar-refractivity contribution in [3.63, 3.8) is 0 Å². The van der Waals surface area contributed by atoms with Crippen molar-refractivity contribution in [2.24, 2.45) is 5.73 Å². The molecule has 5 rings (SSSR count). The number of aliphatic hydroxyl groups excluding tert-OH is 4. The number of fused-ring (bicyclic) bond motifs is 1. The molecule has 10 N–H and O–H groups in total. The van der Waals surface area contributed by atoms with E-state index in [4.69, 9.17) is 30.0 Å². The van der Waals surface area contributed by atoms with E-state index in [1.54, 1.807) is 0 Å². The molecule has 2 saturated heterocycles. The minimum Gasteiger partial charge on any atom is -0.387 e. The Hall–Kier alpha value is -2.49. The van der Waals surface area contributed by atoms with Gasteiger partial charge in [0.15, 0.2) is 23.6 Å². The van der Waals surface area contributed by atoms with E-state index < -0.39 is 89.2 Å². The number of carbonyl (C=O) groups excluding carboxylic acids is 1. The first-order valence-electron chi connectivity index (χ1n) is 12.3. The first kappa shape index (κ1) is 31.9. The highest BCUT2D eigenvalue weighted by Gasteiger charge is 2.48. The van der Waals surface area contributed by atoms with E-state index in [9.17, 15) is 44.1 Å². The average molecular weight is 667 g/mol. The highest BCUT2D eigenvalue weighted by molar-refractivity contribution is 7.70. The lowest BCUT2D eigenvalue weighted by Crippen LogP contribution is -2.33. The van der Waals surface area contributed by atoms with Gasteiger partial charge in [0.05, 0.1) is 19.5 Å². The zero-order valence-electron chi connectivity index (χ0n) is 21.7. The first-order valence-corrected chi connectivity index (χ1v) is 16.7. The summed E-state index contributed by atoms with van der Waals surface area (Å²) in [5.74, 6) is -2.14. The maximum atomic E-state index is 12.6. The van der Waals surface area contributed by atoms with E-state index >= 15 is 0 Å². The molecule has 2 fully saturated rings. The van der Waals surface area contributed by atoms with Crippen molar-refractivity contribution in [2.75, 3.05) is 24.9 Å². The van der Waals surface area contributed by atoms with Gasteiger partial charge in [0.2, 0.25) is 0 Å². The monoisotopic (exact) mass is 667 g/mol. The number of ether oxygens (including phenoxy) is 2. The lowest BCUT2D eigenvalue weighted by molar-refractivity contribution is -0.0484. The van der Waals surface area contributed by atoms with Crippen LogP contribution >= 0.6 is 26.5 Å². The molecule has 5 heterocycles. The molecule has 0 aromatic carbocycles. The largest absolute Gasteiger partial charge is 0.387 e. The molecule has 0 saturated carbocycles. The number of aliphatic hydroxyl groups is 4. The number of thiazole rings is 1. The minimum absolute atomic E-state index is 0.0665. The molecule has 0 bridgehead atoms. The van der Waals surface area contributed by atoms with E-state index in [1.165, 1.54) is 16.3 Å². The number of carbonyl (C=O) groups is 1. The molecule has 2 unspecified atom stereocenters. The van der Waals surface area contributed by atoms with Crippen LogP contribution in [0.4, 0.5) is 5.82 Å². The predicted molar refractivity (Wildman–Crippen MR) is 142 cm³/mol. The van der Waals surface area contributed by atoms with Crippen LogP contribution in [0.25, 0.3) is 11.2 Å². The van der Waals surface area contributed by atoms with E-state index in [1.807, 2.05) is 0 Å². The van der Waals surface area contributed by atoms with Gasteiger partial charge in [0, 0.05) is 5.38 Å². The van der Waals surface area contributed by atoms with E-state index in [0.29, 0.717) is 0 Å². The third kappa shape index (κ3) is 6.64. The Labute approximate surface area is 244 Å². The van der Waals surface area contributed by atoms with Crippen LogP contribution in [-0.2, 0) is 27.7 Å². The zero-order valence-corrected chi connectivity index (χ0v) is 24.3. The smallest absolute Gasteiger partial charge is 0.340 e. The summed E-state index contributed by atoms with van der Waals surface area (Å²) in [7, 11) is -9.73. The Morgan fingerprint density at radius 3 is 2.23 bits per heavy atom. The number of amides is 1. The van der Waals surface area contributed by atoms with Crippen LogP contribution in [0.2, 0.25) is 0 Å². The molecule has 0 aliphatic carbocycles. The molecule has 0 spiro atoms. The molecule has 1 amide bonds. The van der Waals surface area contributed by atoms with Gasteiger partial charge >= 0.3 is 15.2 Å². The number of nitrogens with zero attached hydrogens (tertiary/aromatic N) is 5. The van der Waals surface area contributed by atoms with Crippen LogP contribution in [0.3, 0.4) is 0 Å². The third-order valence-electron chi connectivity index (χ3n) is 6.62. The highest BCUT2D eigenvalue weighted by atomic mass is 32.1. The molecule has 10 atom stereocenters. The van der Waals surface area contributed by atoms with Crippen molar-refractivity contribution in [1.29, 1.82) is 0 Å². The SMILES string of the molecule is NC(=O)c1csc([C@@H]2O[C@H](COP(=O)(O)CP(=O)(O)OC[C@@H]3O[C@H](n4cnc5c(N)ncnc54)[C@H](O)[C@@H]3O)[C@@H](O)[C@@H]2O)n1. The summed E-state index contributed by atoms with van der Waals surface area (Å²) in [5, 5.41) is 43.0. The molecule has 236 valence electrons. The minimum atomic E-state index is -4.87. The molecule has 43 heavy (non-hydrogen) atoms. The van der Waals surface area contributed by atoms with E-state index in [0.717, 1.165) is 17.7 Å². The molecule has 3 aromatic heterocycles. The third-order valence-corrected chi connectivity index (χ3v) is 11.5. The lowest BCUT2D eigenvalue weighted by atomic mass is 10.1. The molecule has 0 radical (unpaired) electrons. The molecule has 20 nitrogen and oxygen atoms in total. The highest BCUT2D eigenvalue weighted by Crippen LogP contribution is 2.58. The van der Waals surface area contributed by atoms with E-state index in [2.05, 4.69) is 19.9 Å². The van der Waals surface area contributed by atoms with Gasteiger partial charge in [-0.3, -0.25) is 18.5 Å². The lowest BCUT2D eigenvalue weighted by Gasteiger charge is -2.21. The van der Waals surface area contributed by atoms with Crippen LogP contribution < -0.4 is 11.5 Å². The number of rotatable bonds is 11. The summed E-state index contributed by atoms with van der Waals surface area (Å²) >= 11 is 0.932. The number of aromatic nitrogens is 5. The standard InChI is InChI=1S/C20H27N7O13P2S/c21-16-10-18(24-4-23-16)27(5-25-10)20-14(31)12(29)9(40-20)2-38-42(35,36)6-41(33,34)37-1-8-11(28)13(30)15(39-8)19-26-7(3-43-19)17(22)32/h3-5,8-9,11-15,20,28-31H,1-2,6H2,(H2,22,32)(H,33,34)(H,35,36)(H2,21,23,24)/t8-,9+,11-,12-,13+,14-,15-,20+/m1/s1.